The molecular formula is C26H36ClN5O3. The number of hydrogen-bond donors (Lipinski definition) is 3. The summed E-state index contributed by atoms with van der Waals surface area (Å²) in [5.74, 6) is 0.730. The quantitative estimate of drug-likeness (QED) is 0.487. The lowest BCUT2D eigenvalue weighted by Crippen LogP contribution is -2.59. The van der Waals surface area contributed by atoms with Gasteiger partial charge in [0.25, 0.3) is 0 Å². The summed E-state index contributed by atoms with van der Waals surface area (Å²) >= 11 is 6.05. The molecule has 8 nitrogen and oxygen atoms in total. The molecule has 190 valence electrons. The summed E-state index contributed by atoms with van der Waals surface area (Å²) in [5, 5.41) is 10.1. The number of furan rings is 1. The normalized spacial score (nSPS) is 21.5. The van der Waals surface area contributed by atoms with Gasteiger partial charge in [-0.05, 0) is 50.1 Å². The number of benzene rings is 1. The molecule has 2 aliphatic rings. The second kappa shape index (κ2) is 12.0. The van der Waals surface area contributed by atoms with Crippen LogP contribution < -0.4 is 16.0 Å². The van der Waals surface area contributed by atoms with Crippen LogP contribution in [0.1, 0.15) is 31.6 Å². The number of halogens is 1. The Bertz CT molecular complexity index is 960. The summed E-state index contributed by atoms with van der Waals surface area (Å²) in [5.41, 5.74) is 0.958. The maximum absolute atomic E-state index is 13.7. The lowest BCUT2D eigenvalue weighted by molar-refractivity contribution is -0.136. The van der Waals surface area contributed by atoms with Gasteiger partial charge in [0.15, 0.2) is 0 Å². The minimum absolute atomic E-state index is 0.0405. The maximum Gasteiger partial charge on any atom is 0.245 e. The molecule has 2 aliphatic heterocycles. The van der Waals surface area contributed by atoms with Gasteiger partial charge in [0.05, 0.1) is 18.8 Å². The molecule has 1 aromatic carbocycles. The van der Waals surface area contributed by atoms with Gasteiger partial charge in [-0.2, -0.15) is 0 Å². The number of rotatable bonds is 9. The standard InChI is InChI=1S/C26H36ClN5O3/c1-18(2)32(17-22-4-3-13-35-22)21-9-12-31(16-21)26(34)23(14-19-5-7-20(27)8-6-19)30-25(33)24-15-28-10-11-29-24/h3-8,13,18,21,23-24,28-29H,9-12,14-17H2,1-2H3,(H,30,33)/t21-,23+,24-/m0/s1. The molecule has 3 heterocycles. The van der Waals surface area contributed by atoms with Gasteiger partial charge in [0.2, 0.25) is 11.8 Å². The van der Waals surface area contributed by atoms with Crippen LogP contribution in [0.4, 0.5) is 0 Å². The predicted molar refractivity (Wildman–Crippen MR) is 136 cm³/mol. The fourth-order valence-electron chi connectivity index (χ4n) is 4.92. The number of piperazine rings is 1. The van der Waals surface area contributed by atoms with Crippen molar-refractivity contribution in [2.75, 3.05) is 32.7 Å². The van der Waals surface area contributed by atoms with Crippen molar-refractivity contribution in [1.82, 2.24) is 25.8 Å². The molecule has 9 heteroatoms. The Hall–Kier alpha value is -2.39. The molecule has 2 saturated heterocycles. The third-order valence-corrected chi connectivity index (χ3v) is 7.10. The van der Waals surface area contributed by atoms with E-state index >= 15 is 0 Å². The van der Waals surface area contributed by atoms with E-state index < -0.39 is 6.04 Å². The number of hydrogen-bond acceptors (Lipinski definition) is 6. The van der Waals surface area contributed by atoms with E-state index in [2.05, 4.69) is 34.7 Å². The molecule has 0 aliphatic carbocycles. The highest BCUT2D eigenvalue weighted by atomic mass is 35.5. The highest BCUT2D eigenvalue weighted by Gasteiger charge is 2.36. The van der Waals surface area contributed by atoms with Crippen molar-refractivity contribution >= 4 is 23.4 Å². The first-order valence-corrected chi connectivity index (χ1v) is 12.8. The van der Waals surface area contributed by atoms with Crippen molar-refractivity contribution in [3.05, 3.63) is 59.0 Å². The van der Waals surface area contributed by atoms with Crippen LogP contribution in [0.3, 0.4) is 0 Å². The van der Waals surface area contributed by atoms with Crippen LogP contribution in [-0.4, -0.2) is 78.5 Å². The number of nitrogens with one attached hydrogen (secondary N) is 3. The summed E-state index contributed by atoms with van der Waals surface area (Å²) < 4.78 is 5.57. The van der Waals surface area contributed by atoms with E-state index in [0.717, 1.165) is 30.8 Å². The second-order valence-electron chi connectivity index (χ2n) is 9.67. The van der Waals surface area contributed by atoms with Gasteiger partial charge in [0.1, 0.15) is 11.8 Å². The molecule has 1 aromatic heterocycles. The highest BCUT2D eigenvalue weighted by Crippen LogP contribution is 2.22. The molecule has 35 heavy (non-hydrogen) atoms. The first-order valence-electron chi connectivity index (χ1n) is 12.5. The Balaban J connectivity index is 1.45. The summed E-state index contributed by atoms with van der Waals surface area (Å²) in [7, 11) is 0. The van der Waals surface area contributed by atoms with Gasteiger partial charge in [0, 0.05) is 56.3 Å². The molecule has 2 aromatic rings. The van der Waals surface area contributed by atoms with Gasteiger partial charge < -0.3 is 25.3 Å². The zero-order valence-corrected chi connectivity index (χ0v) is 21.3. The van der Waals surface area contributed by atoms with Crippen molar-refractivity contribution in [3.63, 3.8) is 0 Å². The van der Waals surface area contributed by atoms with E-state index in [1.165, 1.54) is 0 Å². The Morgan fingerprint density at radius 3 is 2.69 bits per heavy atom. The fraction of sp³-hybridized carbons (Fsp3) is 0.538. The summed E-state index contributed by atoms with van der Waals surface area (Å²) in [6.07, 6.45) is 3.00. The molecule has 3 N–H and O–H groups in total. The Labute approximate surface area is 212 Å². The second-order valence-corrected chi connectivity index (χ2v) is 10.1. The van der Waals surface area contributed by atoms with Gasteiger partial charge in [-0.15, -0.1) is 0 Å². The lowest BCUT2D eigenvalue weighted by atomic mass is 10.0. The molecule has 3 atom stereocenters. The largest absolute Gasteiger partial charge is 0.468 e. The van der Waals surface area contributed by atoms with E-state index in [1.807, 2.05) is 41.3 Å². The van der Waals surface area contributed by atoms with E-state index in [9.17, 15) is 9.59 Å². The van der Waals surface area contributed by atoms with Crippen LogP contribution in [0.5, 0.6) is 0 Å². The van der Waals surface area contributed by atoms with Crippen LogP contribution in [-0.2, 0) is 22.6 Å². The Morgan fingerprint density at radius 2 is 2.03 bits per heavy atom. The van der Waals surface area contributed by atoms with Crippen molar-refractivity contribution in [1.29, 1.82) is 0 Å². The molecular weight excluding hydrogens is 466 g/mol. The molecule has 0 bridgehead atoms. The summed E-state index contributed by atoms with van der Waals surface area (Å²) in [4.78, 5) is 31.0. The van der Waals surface area contributed by atoms with Gasteiger partial charge >= 0.3 is 0 Å². The molecule has 0 spiro atoms. The van der Waals surface area contributed by atoms with Crippen LogP contribution in [0.25, 0.3) is 0 Å². The van der Waals surface area contributed by atoms with E-state index in [1.54, 1.807) is 6.26 Å². The monoisotopic (exact) mass is 501 g/mol. The third-order valence-electron chi connectivity index (χ3n) is 6.85. The molecule has 4 rings (SSSR count). The van der Waals surface area contributed by atoms with E-state index in [-0.39, 0.29) is 23.9 Å². The van der Waals surface area contributed by atoms with Crippen molar-refractivity contribution in [2.24, 2.45) is 0 Å². The van der Waals surface area contributed by atoms with Crippen molar-refractivity contribution < 1.29 is 14.0 Å². The topological polar surface area (TPSA) is 89.9 Å². The van der Waals surface area contributed by atoms with E-state index in [4.69, 9.17) is 16.0 Å². The van der Waals surface area contributed by atoms with Crippen molar-refractivity contribution in [2.45, 2.75) is 57.4 Å². The van der Waals surface area contributed by atoms with Crippen LogP contribution in [0.2, 0.25) is 5.02 Å². The summed E-state index contributed by atoms with van der Waals surface area (Å²) in [6, 6.07) is 10.9. The lowest BCUT2D eigenvalue weighted by Gasteiger charge is -2.32. The van der Waals surface area contributed by atoms with Crippen LogP contribution in [0.15, 0.2) is 47.1 Å². The predicted octanol–water partition coefficient (Wildman–Crippen LogP) is 2.03. The van der Waals surface area contributed by atoms with Gasteiger partial charge in [-0.25, -0.2) is 0 Å². The highest BCUT2D eigenvalue weighted by molar-refractivity contribution is 6.30. The number of nitrogens with zero attached hydrogens (tertiary/aromatic N) is 2. The summed E-state index contributed by atoms with van der Waals surface area (Å²) in [6.45, 7) is 8.45. The van der Waals surface area contributed by atoms with Crippen molar-refractivity contribution in [3.8, 4) is 0 Å². The third kappa shape index (κ3) is 6.85. The number of amides is 2. The molecule has 0 radical (unpaired) electrons. The Morgan fingerprint density at radius 1 is 1.23 bits per heavy atom. The molecule has 0 saturated carbocycles. The van der Waals surface area contributed by atoms with Crippen LogP contribution >= 0.6 is 11.6 Å². The molecule has 2 amide bonds. The Kier molecular flexibility index (Phi) is 8.83. The number of carbonyl (C=O) groups excluding carboxylic acids is 2. The first kappa shape index (κ1) is 25.7. The number of carbonyl (C=O) groups is 2. The van der Waals surface area contributed by atoms with Gasteiger partial charge in [-0.1, -0.05) is 23.7 Å². The first-order chi connectivity index (χ1) is 16.9. The van der Waals surface area contributed by atoms with Crippen LogP contribution in [0, 0.1) is 0 Å². The average molecular weight is 502 g/mol. The van der Waals surface area contributed by atoms with E-state index in [0.29, 0.717) is 43.7 Å². The smallest absolute Gasteiger partial charge is 0.245 e. The minimum Gasteiger partial charge on any atom is -0.468 e. The maximum atomic E-state index is 13.7. The molecule has 0 unspecified atom stereocenters. The van der Waals surface area contributed by atoms with Gasteiger partial charge in [-0.3, -0.25) is 14.5 Å². The molecule has 2 fully saturated rings. The number of likely N-dealkylation sites (tertiary alicyclic amines) is 1. The zero-order chi connectivity index (χ0) is 24.8. The zero-order valence-electron chi connectivity index (χ0n) is 20.5. The SMILES string of the molecule is CC(C)N(Cc1ccco1)[C@H]1CCN(C(=O)[C@@H](Cc2ccc(Cl)cc2)NC(=O)[C@@H]2CNCCN2)C1. The minimum atomic E-state index is -0.635. The fourth-order valence-corrected chi connectivity index (χ4v) is 5.04. The average Bonchev–Trinajstić information content (AvgIpc) is 3.56.